The molecule has 6 heteroatoms. The number of piperidine rings is 1. The number of likely N-dealkylation sites (N-methyl/N-ethyl adjacent to an activating group) is 2. The summed E-state index contributed by atoms with van der Waals surface area (Å²) in [7, 11) is 1.49. The number of likely N-dealkylation sites (tertiary alicyclic amines) is 2. The number of hydrogen-bond donors (Lipinski definition) is 1. The maximum Gasteiger partial charge on any atom is 0.251 e. The van der Waals surface area contributed by atoms with E-state index in [1.165, 1.54) is 7.05 Å². The number of amides is 3. The predicted molar refractivity (Wildman–Crippen MR) is 64.6 cm³/mol. The molecule has 0 bridgehead atoms. The van der Waals surface area contributed by atoms with Gasteiger partial charge < -0.3 is 10.2 Å². The van der Waals surface area contributed by atoms with E-state index in [0.29, 0.717) is 19.4 Å². The van der Waals surface area contributed by atoms with Gasteiger partial charge in [0.25, 0.3) is 5.91 Å². The molecule has 2 aliphatic heterocycles. The standard InChI is InChI=1S/C12H19N3O3/c1-3-13-8-6-7-15(11(8)17)9-4-5-10(16)14(2)12(9)18/h8-9,13H,3-7H2,1-2H3. The van der Waals surface area contributed by atoms with Gasteiger partial charge in [-0.05, 0) is 19.4 Å². The van der Waals surface area contributed by atoms with Crippen molar-refractivity contribution in [2.45, 2.75) is 38.3 Å². The third-order valence-corrected chi connectivity index (χ3v) is 3.69. The van der Waals surface area contributed by atoms with E-state index in [0.717, 1.165) is 17.9 Å². The van der Waals surface area contributed by atoms with Crippen LogP contribution in [0.5, 0.6) is 0 Å². The Morgan fingerprint density at radius 1 is 1.22 bits per heavy atom. The average molecular weight is 253 g/mol. The van der Waals surface area contributed by atoms with Gasteiger partial charge >= 0.3 is 0 Å². The van der Waals surface area contributed by atoms with E-state index < -0.39 is 6.04 Å². The van der Waals surface area contributed by atoms with Crippen LogP contribution in [0, 0.1) is 0 Å². The number of nitrogens with zero attached hydrogens (tertiary/aromatic N) is 2. The van der Waals surface area contributed by atoms with Crippen molar-refractivity contribution in [3.63, 3.8) is 0 Å². The first-order chi connectivity index (χ1) is 8.56. The molecule has 1 N–H and O–H groups in total. The van der Waals surface area contributed by atoms with Crippen molar-refractivity contribution in [2.75, 3.05) is 20.1 Å². The normalized spacial score (nSPS) is 29.3. The van der Waals surface area contributed by atoms with E-state index in [4.69, 9.17) is 0 Å². The van der Waals surface area contributed by atoms with Crippen LogP contribution in [-0.2, 0) is 14.4 Å². The fourth-order valence-corrected chi connectivity index (χ4v) is 2.63. The van der Waals surface area contributed by atoms with E-state index in [9.17, 15) is 14.4 Å². The van der Waals surface area contributed by atoms with Crippen LogP contribution in [0.15, 0.2) is 0 Å². The SMILES string of the molecule is CCNC1CCN(C2CCC(=O)N(C)C2=O)C1=O. The summed E-state index contributed by atoms with van der Waals surface area (Å²) in [5.74, 6) is -0.430. The highest BCUT2D eigenvalue weighted by molar-refractivity contribution is 6.02. The Morgan fingerprint density at radius 2 is 1.94 bits per heavy atom. The lowest BCUT2D eigenvalue weighted by atomic mass is 10.0. The molecule has 2 fully saturated rings. The topological polar surface area (TPSA) is 69.7 Å². The van der Waals surface area contributed by atoms with E-state index in [1.807, 2.05) is 6.92 Å². The number of rotatable bonds is 3. The highest BCUT2D eigenvalue weighted by Crippen LogP contribution is 2.22. The molecule has 100 valence electrons. The fourth-order valence-electron chi connectivity index (χ4n) is 2.63. The first kappa shape index (κ1) is 13.0. The van der Waals surface area contributed by atoms with Gasteiger partial charge in [0.2, 0.25) is 11.8 Å². The molecule has 0 aromatic carbocycles. The molecular formula is C12H19N3O3. The van der Waals surface area contributed by atoms with Crippen molar-refractivity contribution in [2.24, 2.45) is 0 Å². The summed E-state index contributed by atoms with van der Waals surface area (Å²) in [4.78, 5) is 38.3. The van der Waals surface area contributed by atoms with Gasteiger partial charge in [0.05, 0.1) is 6.04 Å². The zero-order chi connectivity index (χ0) is 13.3. The van der Waals surface area contributed by atoms with Crippen LogP contribution < -0.4 is 5.32 Å². The van der Waals surface area contributed by atoms with Gasteiger partial charge in [0.15, 0.2) is 0 Å². The molecule has 0 saturated carbocycles. The minimum atomic E-state index is -0.455. The quantitative estimate of drug-likeness (QED) is 0.678. The Kier molecular flexibility index (Phi) is 3.65. The maximum atomic E-state index is 12.1. The largest absolute Gasteiger partial charge is 0.329 e. The lowest BCUT2D eigenvalue weighted by Crippen LogP contribution is -2.54. The highest BCUT2D eigenvalue weighted by Gasteiger charge is 2.42. The lowest BCUT2D eigenvalue weighted by molar-refractivity contribution is -0.154. The molecule has 2 atom stereocenters. The molecule has 2 aliphatic rings. The molecule has 3 amide bonds. The van der Waals surface area contributed by atoms with E-state index in [2.05, 4.69) is 5.32 Å². The molecule has 2 saturated heterocycles. The summed E-state index contributed by atoms with van der Waals surface area (Å²) in [6.07, 6.45) is 1.52. The minimum Gasteiger partial charge on any atom is -0.329 e. The zero-order valence-corrected chi connectivity index (χ0v) is 10.8. The molecule has 18 heavy (non-hydrogen) atoms. The van der Waals surface area contributed by atoms with Crippen LogP contribution in [0.4, 0.5) is 0 Å². The van der Waals surface area contributed by atoms with Crippen LogP contribution in [0.25, 0.3) is 0 Å². The Bertz CT molecular complexity index is 383. The Morgan fingerprint density at radius 3 is 2.61 bits per heavy atom. The van der Waals surface area contributed by atoms with Gasteiger partial charge in [-0.2, -0.15) is 0 Å². The molecule has 2 heterocycles. The smallest absolute Gasteiger partial charge is 0.251 e. The maximum absolute atomic E-state index is 12.1. The van der Waals surface area contributed by atoms with Gasteiger partial charge in [-0.15, -0.1) is 0 Å². The van der Waals surface area contributed by atoms with Gasteiger partial charge in [0.1, 0.15) is 6.04 Å². The Balaban J connectivity index is 2.07. The summed E-state index contributed by atoms with van der Waals surface area (Å²) in [5, 5.41) is 3.12. The highest BCUT2D eigenvalue weighted by atomic mass is 16.2. The molecule has 0 aromatic heterocycles. The predicted octanol–water partition coefficient (Wildman–Crippen LogP) is -0.656. The van der Waals surface area contributed by atoms with Crippen molar-refractivity contribution in [1.82, 2.24) is 15.1 Å². The number of nitrogens with one attached hydrogen (secondary N) is 1. The Hall–Kier alpha value is -1.43. The second-order valence-electron chi connectivity index (χ2n) is 4.78. The van der Waals surface area contributed by atoms with Crippen LogP contribution in [0.3, 0.4) is 0 Å². The molecule has 0 radical (unpaired) electrons. The van der Waals surface area contributed by atoms with Gasteiger partial charge in [0, 0.05) is 20.0 Å². The Labute approximate surface area is 106 Å². The molecule has 0 spiro atoms. The van der Waals surface area contributed by atoms with Crippen molar-refractivity contribution in [3.05, 3.63) is 0 Å². The zero-order valence-electron chi connectivity index (χ0n) is 10.8. The summed E-state index contributed by atoms with van der Waals surface area (Å²) >= 11 is 0. The molecule has 2 rings (SSSR count). The second-order valence-corrected chi connectivity index (χ2v) is 4.78. The first-order valence-corrected chi connectivity index (χ1v) is 6.40. The third kappa shape index (κ3) is 2.12. The van der Waals surface area contributed by atoms with Crippen molar-refractivity contribution in [3.8, 4) is 0 Å². The van der Waals surface area contributed by atoms with Gasteiger partial charge in [-0.1, -0.05) is 6.92 Å². The summed E-state index contributed by atoms with van der Waals surface area (Å²) < 4.78 is 0. The lowest BCUT2D eigenvalue weighted by Gasteiger charge is -2.33. The number of carbonyl (C=O) groups excluding carboxylic acids is 3. The van der Waals surface area contributed by atoms with Gasteiger partial charge in [-0.25, -0.2) is 0 Å². The second kappa shape index (κ2) is 5.06. The van der Waals surface area contributed by atoms with Crippen molar-refractivity contribution >= 4 is 17.7 Å². The number of hydrogen-bond acceptors (Lipinski definition) is 4. The van der Waals surface area contributed by atoms with Crippen LogP contribution in [0.1, 0.15) is 26.2 Å². The van der Waals surface area contributed by atoms with Crippen LogP contribution in [-0.4, -0.2) is 59.7 Å². The van der Waals surface area contributed by atoms with Crippen LogP contribution in [0.2, 0.25) is 0 Å². The van der Waals surface area contributed by atoms with Crippen molar-refractivity contribution in [1.29, 1.82) is 0 Å². The molecule has 0 aromatic rings. The van der Waals surface area contributed by atoms with Crippen LogP contribution >= 0.6 is 0 Å². The summed E-state index contributed by atoms with van der Waals surface area (Å²) in [6.45, 7) is 3.28. The van der Waals surface area contributed by atoms with E-state index in [1.54, 1.807) is 4.90 Å². The summed E-state index contributed by atoms with van der Waals surface area (Å²) in [5.41, 5.74) is 0. The van der Waals surface area contributed by atoms with Gasteiger partial charge in [-0.3, -0.25) is 19.3 Å². The molecular weight excluding hydrogens is 234 g/mol. The van der Waals surface area contributed by atoms with E-state index in [-0.39, 0.29) is 23.8 Å². The molecule has 2 unspecified atom stereocenters. The van der Waals surface area contributed by atoms with Crippen molar-refractivity contribution < 1.29 is 14.4 Å². The molecule has 6 nitrogen and oxygen atoms in total. The summed E-state index contributed by atoms with van der Waals surface area (Å²) in [6, 6.07) is -0.630. The van der Waals surface area contributed by atoms with E-state index >= 15 is 0 Å². The number of imide groups is 1. The average Bonchev–Trinajstić information content (AvgIpc) is 2.70. The third-order valence-electron chi connectivity index (χ3n) is 3.69. The number of carbonyl (C=O) groups is 3. The molecule has 0 aliphatic carbocycles. The first-order valence-electron chi connectivity index (χ1n) is 6.40. The fraction of sp³-hybridized carbons (Fsp3) is 0.750. The monoisotopic (exact) mass is 253 g/mol. The minimum absolute atomic E-state index is 0.0158.